The first-order chi connectivity index (χ1) is 8.56. The van der Waals surface area contributed by atoms with E-state index in [0.717, 1.165) is 25.3 Å². The van der Waals surface area contributed by atoms with Crippen molar-refractivity contribution in [2.75, 3.05) is 13.1 Å². The summed E-state index contributed by atoms with van der Waals surface area (Å²) in [6.45, 7) is 13.3. The van der Waals surface area contributed by atoms with E-state index in [2.05, 4.69) is 50.0 Å². The summed E-state index contributed by atoms with van der Waals surface area (Å²) in [6.07, 6.45) is 3.87. The van der Waals surface area contributed by atoms with E-state index >= 15 is 0 Å². The van der Waals surface area contributed by atoms with E-state index in [1.54, 1.807) is 6.33 Å². The van der Waals surface area contributed by atoms with Gasteiger partial charge in [0.1, 0.15) is 12.2 Å². The summed E-state index contributed by atoms with van der Waals surface area (Å²) in [5, 5.41) is 7.78. The molecule has 0 saturated heterocycles. The fourth-order valence-corrected chi connectivity index (χ4v) is 2.05. The zero-order valence-electron chi connectivity index (χ0n) is 12.5. The van der Waals surface area contributed by atoms with Crippen LogP contribution in [0.15, 0.2) is 6.33 Å². The Morgan fingerprint density at radius 3 is 2.56 bits per heavy atom. The molecule has 2 unspecified atom stereocenters. The molecule has 0 bridgehead atoms. The van der Waals surface area contributed by atoms with E-state index in [-0.39, 0.29) is 0 Å². The van der Waals surface area contributed by atoms with Gasteiger partial charge in [0.2, 0.25) is 0 Å². The van der Waals surface area contributed by atoms with Gasteiger partial charge in [0.15, 0.2) is 0 Å². The number of nitrogens with one attached hydrogen (secondary N) is 1. The topological polar surface area (TPSA) is 42.7 Å². The monoisotopic (exact) mass is 252 g/mol. The quantitative estimate of drug-likeness (QED) is 0.723. The van der Waals surface area contributed by atoms with Crippen LogP contribution in [-0.2, 0) is 6.42 Å². The molecular formula is C14H28N4. The molecule has 104 valence electrons. The summed E-state index contributed by atoms with van der Waals surface area (Å²) in [6, 6.07) is 0.392. The van der Waals surface area contributed by atoms with Gasteiger partial charge >= 0.3 is 0 Å². The SMILES string of the molecule is CCCNCC(C)C(C)Cc1ncnn1C(C)C. The predicted molar refractivity (Wildman–Crippen MR) is 75.6 cm³/mol. The van der Waals surface area contributed by atoms with Gasteiger partial charge in [-0.1, -0.05) is 20.8 Å². The van der Waals surface area contributed by atoms with Gasteiger partial charge in [0.25, 0.3) is 0 Å². The standard InChI is InChI=1S/C14H28N4/c1-6-7-15-9-13(5)12(4)8-14-16-10-17-18(14)11(2)3/h10-13,15H,6-9H2,1-5H3. The summed E-state index contributed by atoms with van der Waals surface area (Å²) >= 11 is 0. The molecular weight excluding hydrogens is 224 g/mol. The maximum atomic E-state index is 4.39. The van der Waals surface area contributed by atoms with E-state index in [1.165, 1.54) is 6.42 Å². The Hall–Kier alpha value is -0.900. The van der Waals surface area contributed by atoms with Crippen molar-refractivity contribution in [1.29, 1.82) is 0 Å². The van der Waals surface area contributed by atoms with Crippen LogP contribution < -0.4 is 5.32 Å². The normalized spacial score (nSPS) is 15.0. The second-order valence-electron chi connectivity index (χ2n) is 5.58. The van der Waals surface area contributed by atoms with Gasteiger partial charge in [0, 0.05) is 12.5 Å². The van der Waals surface area contributed by atoms with Gasteiger partial charge in [-0.25, -0.2) is 9.67 Å². The molecule has 0 aliphatic heterocycles. The van der Waals surface area contributed by atoms with Gasteiger partial charge < -0.3 is 5.32 Å². The summed E-state index contributed by atoms with van der Waals surface area (Å²) in [4.78, 5) is 4.39. The number of nitrogens with zero attached hydrogens (tertiary/aromatic N) is 3. The molecule has 0 spiro atoms. The fourth-order valence-electron chi connectivity index (χ4n) is 2.05. The van der Waals surface area contributed by atoms with Crippen LogP contribution in [0.4, 0.5) is 0 Å². The lowest BCUT2D eigenvalue weighted by molar-refractivity contribution is 0.350. The van der Waals surface area contributed by atoms with Crippen LogP contribution >= 0.6 is 0 Å². The Morgan fingerprint density at radius 2 is 1.94 bits per heavy atom. The first kappa shape index (κ1) is 15.2. The molecule has 0 fully saturated rings. The molecule has 1 rings (SSSR count). The van der Waals surface area contributed by atoms with Crippen LogP contribution in [0, 0.1) is 11.8 Å². The Bertz CT molecular complexity index is 332. The van der Waals surface area contributed by atoms with Gasteiger partial charge in [0.05, 0.1) is 0 Å². The lowest BCUT2D eigenvalue weighted by atomic mass is 9.92. The molecule has 0 saturated carbocycles. The van der Waals surface area contributed by atoms with Crippen molar-refractivity contribution in [3.05, 3.63) is 12.2 Å². The molecule has 1 heterocycles. The third-order valence-corrected chi connectivity index (χ3v) is 3.51. The van der Waals surface area contributed by atoms with E-state index in [9.17, 15) is 0 Å². The minimum atomic E-state index is 0.392. The highest BCUT2D eigenvalue weighted by Gasteiger charge is 2.16. The van der Waals surface area contributed by atoms with E-state index in [1.807, 2.05) is 4.68 Å². The minimum Gasteiger partial charge on any atom is -0.316 e. The lowest BCUT2D eigenvalue weighted by Gasteiger charge is -2.20. The van der Waals surface area contributed by atoms with E-state index in [0.29, 0.717) is 17.9 Å². The van der Waals surface area contributed by atoms with Gasteiger partial charge in [-0.05, 0) is 45.2 Å². The van der Waals surface area contributed by atoms with Gasteiger partial charge in [-0.3, -0.25) is 0 Å². The molecule has 0 aromatic carbocycles. The molecule has 2 atom stereocenters. The lowest BCUT2D eigenvalue weighted by Crippen LogP contribution is -2.27. The van der Waals surface area contributed by atoms with Crippen LogP contribution in [0.2, 0.25) is 0 Å². The van der Waals surface area contributed by atoms with Crippen molar-refractivity contribution in [3.63, 3.8) is 0 Å². The van der Waals surface area contributed by atoms with Crippen LogP contribution in [-0.4, -0.2) is 27.9 Å². The Kier molecular flexibility index (Phi) is 6.33. The Balaban J connectivity index is 2.47. The van der Waals surface area contributed by atoms with Crippen molar-refractivity contribution in [2.24, 2.45) is 11.8 Å². The highest BCUT2D eigenvalue weighted by Crippen LogP contribution is 2.17. The van der Waals surface area contributed by atoms with Crippen LogP contribution in [0.1, 0.15) is 52.9 Å². The molecule has 1 N–H and O–H groups in total. The maximum Gasteiger partial charge on any atom is 0.138 e. The number of hydrogen-bond acceptors (Lipinski definition) is 3. The van der Waals surface area contributed by atoms with Crippen LogP contribution in [0.5, 0.6) is 0 Å². The van der Waals surface area contributed by atoms with Crippen molar-refractivity contribution < 1.29 is 0 Å². The van der Waals surface area contributed by atoms with Crippen molar-refractivity contribution >= 4 is 0 Å². The van der Waals surface area contributed by atoms with Crippen molar-refractivity contribution in [3.8, 4) is 0 Å². The minimum absolute atomic E-state index is 0.392. The predicted octanol–water partition coefficient (Wildman–Crippen LogP) is 2.67. The summed E-state index contributed by atoms with van der Waals surface area (Å²) in [7, 11) is 0. The fraction of sp³-hybridized carbons (Fsp3) is 0.857. The van der Waals surface area contributed by atoms with E-state index in [4.69, 9.17) is 0 Å². The average Bonchev–Trinajstić information content (AvgIpc) is 2.77. The molecule has 1 aromatic heterocycles. The third kappa shape index (κ3) is 4.41. The first-order valence-electron chi connectivity index (χ1n) is 7.15. The Morgan fingerprint density at radius 1 is 1.22 bits per heavy atom. The average molecular weight is 252 g/mol. The zero-order chi connectivity index (χ0) is 13.5. The molecule has 0 amide bonds. The summed E-state index contributed by atoms with van der Waals surface area (Å²) in [5.74, 6) is 2.39. The van der Waals surface area contributed by atoms with Gasteiger partial charge in [-0.15, -0.1) is 0 Å². The third-order valence-electron chi connectivity index (χ3n) is 3.51. The van der Waals surface area contributed by atoms with Crippen molar-refractivity contribution in [1.82, 2.24) is 20.1 Å². The smallest absolute Gasteiger partial charge is 0.138 e. The van der Waals surface area contributed by atoms with E-state index < -0.39 is 0 Å². The zero-order valence-corrected chi connectivity index (χ0v) is 12.5. The molecule has 0 aliphatic carbocycles. The van der Waals surface area contributed by atoms with Crippen LogP contribution in [0.25, 0.3) is 0 Å². The maximum absolute atomic E-state index is 4.39. The molecule has 0 aliphatic rings. The number of aromatic nitrogens is 3. The largest absolute Gasteiger partial charge is 0.316 e. The Labute approximate surface area is 111 Å². The van der Waals surface area contributed by atoms with Gasteiger partial charge in [-0.2, -0.15) is 5.10 Å². The highest BCUT2D eigenvalue weighted by molar-refractivity contribution is 4.89. The molecule has 0 radical (unpaired) electrons. The second-order valence-corrected chi connectivity index (χ2v) is 5.58. The summed E-state index contributed by atoms with van der Waals surface area (Å²) in [5.41, 5.74) is 0. The highest BCUT2D eigenvalue weighted by atomic mass is 15.3. The molecule has 1 aromatic rings. The molecule has 4 nitrogen and oxygen atoms in total. The second kappa shape index (κ2) is 7.52. The van der Waals surface area contributed by atoms with Crippen molar-refractivity contribution in [2.45, 2.75) is 53.5 Å². The number of rotatable bonds is 8. The summed E-state index contributed by atoms with van der Waals surface area (Å²) < 4.78 is 2.03. The first-order valence-corrected chi connectivity index (χ1v) is 7.15. The number of hydrogen-bond donors (Lipinski definition) is 1. The molecule has 4 heteroatoms. The molecule has 18 heavy (non-hydrogen) atoms. The van der Waals surface area contributed by atoms with Crippen LogP contribution in [0.3, 0.4) is 0 Å².